The van der Waals surface area contributed by atoms with Crippen LogP contribution in [0.2, 0.25) is 0 Å². The van der Waals surface area contributed by atoms with Crippen molar-refractivity contribution in [2.75, 3.05) is 20.3 Å². The van der Waals surface area contributed by atoms with E-state index in [1.807, 2.05) is 22.9 Å². The molecule has 118 valence electrons. The number of carbonyl (C=O) groups excluding carboxylic acids is 1. The van der Waals surface area contributed by atoms with E-state index >= 15 is 0 Å². The molecule has 1 aliphatic heterocycles. The van der Waals surface area contributed by atoms with Gasteiger partial charge in [-0.25, -0.2) is 4.98 Å². The molecule has 4 atom stereocenters. The fraction of sp³-hybridized carbons (Fsp3) is 0.600. The normalized spacial score (nSPS) is 30.3. The van der Waals surface area contributed by atoms with E-state index in [4.69, 9.17) is 9.47 Å². The highest BCUT2D eigenvalue weighted by atomic mass is 32.1. The number of aryl methyl sites for hydroxylation is 1. The minimum absolute atomic E-state index is 0.0416. The molecular formula is C15H19N3O3S. The second-order valence-corrected chi connectivity index (χ2v) is 6.90. The number of thiazole rings is 1. The van der Waals surface area contributed by atoms with E-state index in [2.05, 4.69) is 10.3 Å². The van der Waals surface area contributed by atoms with E-state index in [-0.39, 0.29) is 24.0 Å². The van der Waals surface area contributed by atoms with Gasteiger partial charge in [-0.2, -0.15) is 0 Å². The van der Waals surface area contributed by atoms with Crippen molar-refractivity contribution in [3.63, 3.8) is 0 Å². The molecule has 0 bridgehead atoms. The van der Waals surface area contributed by atoms with Gasteiger partial charge < -0.3 is 14.8 Å². The van der Waals surface area contributed by atoms with Crippen molar-refractivity contribution in [2.45, 2.75) is 25.5 Å². The average Bonchev–Trinajstić information content (AvgIpc) is 3.15. The lowest BCUT2D eigenvalue weighted by Gasteiger charge is -2.47. The Bertz CT molecular complexity index is 710. The van der Waals surface area contributed by atoms with Gasteiger partial charge in [0.2, 0.25) is 0 Å². The number of imidazole rings is 1. The Morgan fingerprint density at radius 2 is 2.50 bits per heavy atom. The molecule has 1 amide bonds. The lowest BCUT2D eigenvalue weighted by Crippen LogP contribution is -2.62. The standard InChI is InChI=1S/C15H19N3O3S/c1-8-5-18-11(7-22-15(18)16-8)14(19)17-12-9-3-4-21-13(9)10(12)6-20-2/h5,7,9-10,12-13H,3-4,6H2,1-2H3,(H,17,19)/t9-,10+,12-,13-/m1/s1. The number of hydrogen-bond donors (Lipinski definition) is 1. The minimum Gasteiger partial charge on any atom is -0.384 e. The van der Waals surface area contributed by atoms with Crippen molar-refractivity contribution in [1.29, 1.82) is 0 Å². The van der Waals surface area contributed by atoms with Crippen LogP contribution in [-0.2, 0) is 9.47 Å². The van der Waals surface area contributed by atoms with Gasteiger partial charge in [-0.15, -0.1) is 11.3 Å². The molecule has 0 spiro atoms. The number of carbonyl (C=O) groups is 1. The molecule has 7 heteroatoms. The fourth-order valence-corrected chi connectivity index (χ4v) is 4.62. The van der Waals surface area contributed by atoms with Crippen molar-refractivity contribution in [2.24, 2.45) is 11.8 Å². The predicted octanol–water partition coefficient (Wildman–Crippen LogP) is 1.48. The Morgan fingerprint density at radius 1 is 1.64 bits per heavy atom. The summed E-state index contributed by atoms with van der Waals surface area (Å²) in [6.07, 6.45) is 3.15. The first-order chi connectivity index (χ1) is 10.7. The van der Waals surface area contributed by atoms with Gasteiger partial charge in [0.05, 0.1) is 18.4 Å². The second kappa shape index (κ2) is 5.33. The van der Waals surface area contributed by atoms with Crippen molar-refractivity contribution < 1.29 is 14.3 Å². The molecule has 4 rings (SSSR count). The molecule has 2 fully saturated rings. The molecule has 22 heavy (non-hydrogen) atoms. The van der Waals surface area contributed by atoms with Crippen LogP contribution >= 0.6 is 11.3 Å². The molecule has 3 heterocycles. The molecule has 2 aromatic rings. The summed E-state index contributed by atoms with van der Waals surface area (Å²) in [4.78, 5) is 17.9. The molecular weight excluding hydrogens is 302 g/mol. The van der Waals surface area contributed by atoms with Crippen molar-refractivity contribution in [1.82, 2.24) is 14.7 Å². The van der Waals surface area contributed by atoms with Crippen molar-refractivity contribution in [3.8, 4) is 0 Å². The monoisotopic (exact) mass is 321 g/mol. The van der Waals surface area contributed by atoms with E-state index in [1.54, 1.807) is 7.11 Å². The summed E-state index contributed by atoms with van der Waals surface area (Å²) in [5, 5.41) is 5.05. The zero-order chi connectivity index (χ0) is 15.3. The first-order valence-electron chi connectivity index (χ1n) is 7.53. The van der Waals surface area contributed by atoms with Gasteiger partial charge in [0.1, 0.15) is 5.69 Å². The summed E-state index contributed by atoms with van der Waals surface area (Å²) >= 11 is 1.49. The Balaban J connectivity index is 1.53. The van der Waals surface area contributed by atoms with E-state index < -0.39 is 0 Å². The molecule has 1 saturated heterocycles. The molecule has 2 aromatic heterocycles. The van der Waals surface area contributed by atoms with Crippen LogP contribution in [0.1, 0.15) is 22.6 Å². The predicted molar refractivity (Wildman–Crippen MR) is 82.3 cm³/mol. The van der Waals surface area contributed by atoms with Crippen LogP contribution in [-0.4, -0.2) is 47.8 Å². The van der Waals surface area contributed by atoms with Gasteiger partial charge in [-0.3, -0.25) is 9.20 Å². The molecule has 2 aliphatic rings. The van der Waals surface area contributed by atoms with Gasteiger partial charge in [-0.05, 0) is 13.3 Å². The zero-order valence-corrected chi connectivity index (χ0v) is 13.4. The first kappa shape index (κ1) is 14.2. The number of nitrogens with one attached hydrogen (secondary N) is 1. The maximum Gasteiger partial charge on any atom is 0.269 e. The number of rotatable bonds is 4. The highest BCUT2D eigenvalue weighted by molar-refractivity contribution is 7.15. The van der Waals surface area contributed by atoms with E-state index in [0.29, 0.717) is 18.2 Å². The van der Waals surface area contributed by atoms with Crippen LogP contribution in [0.25, 0.3) is 4.96 Å². The van der Waals surface area contributed by atoms with E-state index in [1.165, 1.54) is 11.3 Å². The van der Waals surface area contributed by atoms with Crippen molar-refractivity contribution in [3.05, 3.63) is 23.0 Å². The van der Waals surface area contributed by atoms with Crippen molar-refractivity contribution >= 4 is 22.2 Å². The van der Waals surface area contributed by atoms with Crippen LogP contribution in [0.4, 0.5) is 0 Å². The van der Waals surface area contributed by atoms with Crippen LogP contribution in [0.5, 0.6) is 0 Å². The number of amides is 1. The Morgan fingerprint density at radius 3 is 3.32 bits per heavy atom. The summed E-state index contributed by atoms with van der Waals surface area (Å²) in [6.45, 7) is 3.34. The number of fused-ring (bicyclic) bond motifs is 2. The summed E-state index contributed by atoms with van der Waals surface area (Å²) in [6, 6.07) is 0.138. The summed E-state index contributed by atoms with van der Waals surface area (Å²) in [7, 11) is 1.69. The number of methoxy groups -OCH3 is 1. The summed E-state index contributed by atoms with van der Waals surface area (Å²) in [5.41, 5.74) is 1.57. The number of nitrogens with zero attached hydrogens (tertiary/aromatic N) is 2. The number of hydrogen-bond acceptors (Lipinski definition) is 5. The lowest BCUT2D eigenvalue weighted by molar-refractivity contribution is -0.0810. The quantitative estimate of drug-likeness (QED) is 0.926. The SMILES string of the molecule is COC[C@H]1[C@H](NC(=O)c2csc3nc(C)cn23)[C@H]2CCO[C@H]21. The molecule has 1 saturated carbocycles. The van der Waals surface area contributed by atoms with E-state index in [9.17, 15) is 4.79 Å². The third kappa shape index (κ3) is 2.07. The average molecular weight is 321 g/mol. The minimum atomic E-state index is -0.0416. The third-order valence-corrected chi connectivity index (χ3v) is 5.59. The molecule has 1 N–H and O–H groups in total. The molecule has 6 nitrogen and oxygen atoms in total. The fourth-order valence-electron chi connectivity index (χ4n) is 3.72. The summed E-state index contributed by atoms with van der Waals surface area (Å²) < 4.78 is 12.9. The van der Waals surface area contributed by atoms with Gasteiger partial charge in [0.15, 0.2) is 4.96 Å². The van der Waals surface area contributed by atoms with E-state index in [0.717, 1.165) is 23.7 Å². The number of aromatic nitrogens is 2. The third-order valence-electron chi connectivity index (χ3n) is 4.75. The first-order valence-corrected chi connectivity index (χ1v) is 8.41. The maximum absolute atomic E-state index is 12.6. The van der Waals surface area contributed by atoms with Crippen LogP contribution in [0.15, 0.2) is 11.6 Å². The van der Waals surface area contributed by atoms with Gasteiger partial charge >= 0.3 is 0 Å². The highest BCUT2D eigenvalue weighted by Crippen LogP contribution is 2.43. The summed E-state index contributed by atoms with van der Waals surface area (Å²) in [5.74, 6) is 0.628. The largest absolute Gasteiger partial charge is 0.384 e. The van der Waals surface area contributed by atoms with Crippen LogP contribution in [0.3, 0.4) is 0 Å². The Kier molecular flexibility index (Phi) is 3.43. The Hall–Kier alpha value is -1.44. The van der Waals surface area contributed by atoms with Crippen LogP contribution in [0, 0.1) is 18.8 Å². The highest BCUT2D eigenvalue weighted by Gasteiger charge is 2.54. The maximum atomic E-state index is 12.6. The smallest absolute Gasteiger partial charge is 0.269 e. The van der Waals surface area contributed by atoms with Gasteiger partial charge in [0, 0.05) is 43.2 Å². The lowest BCUT2D eigenvalue weighted by atomic mass is 9.67. The molecule has 0 radical (unpaired) electrons. The molecule has 0 aromatic carbocycles. The van der Waals surface area contributed by atoms with Gasteiger partial charge in [0.25, 0.3) is 5.91 Å². The Labute approximate surface area is 132 Å². The number of ether oxygens (including phenoxy) is 2. The van der Waals surface area contributed by atoms with Gasteiger partial charge in [-0.1, -0.05) is 0 Å². The molecule has 1 aliphatic carbocycles. The zero-order valence-electron chi connectivity index (χ0n) is 12.6. The second-order valence-electron chi connectivity index (χ2n) is 6.06. The topological polar surface area (TPSA) is 64.9 Å². The van der Waals surface area contributed by atoms with Crippen LogP contribution < -0.4 is 5.32 Å². The molecule has 0 unspecified atom stereocenters.